The first kappa shape index (κ1) is 23.9. The lowest BCUT2D eigenvalue weighted by molar-refractivity contribution is 0.195. The second kappa shape index (κ2) is 10.3. The second-order valence-electron chi connectivity index (χ2n) is 8.26. The van der Waals surface area contributed by atoms with E-state index >= 15 is 4.39 Å². The Morgan fingerprint density at radius 1 is 0.647 bits per heavy atom. The van der Waals surface area contributed by atoms with E-state index in [1.165, 1.54) is 6.07 Å². The molecule has 0 saturated carbocycles. The molecule has 0 atom stereocenters. The van der Waals surface area contributed by atoms with Gasteiger partial charge >= 0.3 is 0 Å². The molecule has 0 heterocycles. The minimum Gasteiger partial charge on any atom is -0.385 e. The summed E-state index contributed by atoms with van der Waals surface area (Å²) in [6.45, 7) is 0.610. The van der Waals surface area contributed by atoms with Gasteiger partial charge in [0.15, 0.2) is 17.5 Å². The molecule has 176 valence electrons. The van der Waals surface area contributed by atoms with Crippen LogP contribution in [0.25, 0.3) is 21.9 Å². The number of halogens is 5. The fourth-order valence-corrected chi connectivity index (χ4v) is 4.10. The first-order valence-electron chi connectivity index (χ1n) is 11.0. The molecule has 6 heteroatoms. The van der Waals surface area contributed by atoms with Crippen molar-refractivity contribution in [1.29, 1.82) is 0 Å². The van der Waals surface area contributed by atoms with Gasteiger partial charge in [0.1, 0.15) is 11.6 Å². The Hall–Kier alpha value is -3.25. The quantitative estimate of drug-likeness (QED) is 0.147. The summed E-state index contributed by atoms with van der Waals surface area (Å²) < 4.78 is 74.9. The van der Waals surface area contributed by atoms with Crippen LogP contribution in [0, 0.1) is 29.1 Å². The molecular weight excluding hydrogens is 447 g/mol. The van der Waals surface area contributed by atoms with Crippen LogP contribution < -0.4 is 0 Å². The van der Waals surface area contributed by atoms with Gasteiger partial charge in [-0.1, -0.05) is 36.4 Å². The molecule has 0 amide bonds. The smallest absolute Gasteiger partial charge is 0.194 e. The third kappa shape index (κ3) is 5.12. The number of ether oxygens (including phenoxy) is 1. The molecule has 0 bridgehead atoms. The van der Waals surface area contributed by atoms with E-state index in [-0.39, 0.29) is 24.2 Å². The van der Waals surface area contributed by atoms with Crippen molar-refractivity contribution < 1.29 is 26.7 Å². The number of methoxy groups -OCH3 is 1. The van der Waals surface area contributed by atoms with Crippen molar-refractivity contribution >= 4 is 10.8 Å². The van der Waals surface area contributed by atoms with Crippen LogP contribution in [0.3, 0.4) is 0 Å². The van der Waals surface area contributed by atoms with Crippen LogP contribution in [0.1, 0.15) is 23.1 Å². The first-order valence-corrected chi connectivity index (χ1v) is 11.0. The zero-order valence-corrected chi connectivity index (χ0v) is 18.6. The third-order valence-electron chi connectivity index (χ3n) is 5.92. The second-order valence-corrected chi connectivity index (χ2v) is 8.26. The van der Waals surface area contributed by atoms with Crippen molar-refractivity contribution in [3.8, 4) is 11.1 Å². The van der Waals surface area contributed by atoms with E-state index in [0.717, 1.165) is 24.1 Å². The van der Waals surface area contributed by atoms with Gasteiger partial charge in [-0.2, -0.15) is 0 Å². The van der Waals surface area contributed by atoms with Crippen LogP contribution in [-0.4, -0.2) is 13.7 Å². The molecule has 0 aromatic heterocycles. The Morgan fingerprint density at radius 2 is 1.38 bits per heavy atom. The molecule has 0 saturated heterocycles. The highest BCUT2D eigenvalue weighted by Crippen LogP contribution is 2.30. The number of hydrogen-bond acceptors (Lipinski definition) is 1. The lowest BCUT2D eigenvalue weighted by Gasteiger charge is -2.11. The van der Waals surface area contributed by atoms with Gasteiger partial charge in [0.25, 0.3) is 0 Å². The minimum absolute atomic E-state index is 0.149. The van der Waals surface area contributed by atoms with Crippen LogP contribution in [0.15, 0.2) is 60.7 Å². The molecule has 34 heavy (non-hydrogen) atoms. The number of benzene rings is 4. The van der Waals surface area contributed by atoms with Gasteiger partial charge in [0.05, 0.1) is 0 Å². The maximum absolute atomic E-state index is 15.1. The van der Waals surface area contributed by atoms with Crippen LogP contribution >= 0.6 is 0 Å². The summed E-state index contributed by atoms with van der Waals surface area (Å²) in [5.74, 6) is -4.84. The van der Waals surface area contributed by atoms with Gasteiger partial charge < -0.3 is 4.74 Å². The monoisotopic (exact) mass is 470 g/mol. The molecule has 4 rings (SSSR count). The fraction of sp³-hybridized carbons (Fsp3) is 0.214. The maximum atomic E-state index is 15.1. The van der Waals surface area contributed by atoms with E-state index in [0.29, 0.717) is 40.5 Å². The Labute approximate surface area is 194 Å². The average molecular weight is 470 g/mol. The molecule has 0 aliphatic carbocycles. The SMILES string of the molecule is COCCCc1ccc(-c2ccc3c(F)c(CCc4cc(F)c(F)c(F)c4)ccc3c2)c(F)c1. The Morgan fingerprint density at radius 3 is 2.09 bits per heavy atom. The van der Waals surface area contributed by atoms with E-state index < -0.39 is 23.3 Å². The molecule has 0 N–H and O–H groups in total. The largest absolute Gasteiger partial charge is 0.385 e. The standard InChI is InChI=1S/C28H23F5O/c1-34-12-2-3-17-5-10-22(24(29)13-17)20-9-11-23-21(16-20)8-7-19(27(23)32)6-4-18-14-25(30)28(33)26(31)15-18/h5,7-11,13-16H,2-4,6,12H2,1H3. The van der Waals surface area contributed by atoms with Gasteiger partial charge in [0.2, 0.25) is 0 Å². The molecule has 4 aromatic rings. The summed E-state index contributed by atoms with van der Waals surface area (Å²) in [6.07, 6.45) is 1.86. The molecule has 0 spiro atoms. The van der Waals surface area contributed by atoms with Crippen molar-refractivity contribution in [2.75, 3.05) is 13.7 Å². The lowest BCUT2D eigenvalue weighted by atomic mass is 9.96. The van der Waals surface area contributed by atoms with Gasteiger partial charge in [-0.15, -0.1) is 0 Å². The summed E-state index contributed by atoms with van der Waals surface area (Å²) >= 11 is 0. The maximum Gasteiger partial charge on any atom is 0.194 e. The third-order valence-corrected chi connectivity index (χ3v) is 5.92. The van der Waals surface area contributed by atoms with Crippen LogP contribution in [-0.2, 0) is 24.0 Å². The number of rotatable bonds is 8. The van der Waals surface area contributed by atoms with Crippen LogP contribution in [0.5, 0.6) is 0 Å². The molecule has 0 aliphatic rings. The molecule has 1 nitrogen and oxygen atoms in total. The Balaban J connectivity index is 1.55. The van der Waals surface area contributed by atoms with Gasteiger partial charge in [-0.25, -0.2) is 22.0 Å². The van der Waals surface area contributed by atoms with Crippen molar-refractivity contribution in [1.82, 2.24) is 0 Å². The zero-order valence-electron chi connectivity index (χ0n) is 18.6. The number of hydrogen-bond donors (Lipinski definition) is 0. The summed E-state index contributed by atoms with van der Waals surface area (Å²) in [5.41, 5.74) is 2.57. The van der Waals surface area contributed by atoms with E-state index in [2.05, 4.69) is 0 Å². The molecule has 0 unspecified atom stereocenters. The van der Waals surface area contributed by atoms with Crippen molar-refractivity contribution in [3.05, 3.63) is 106 Å². The zero-order chi connectivity index (χ0) is 24.2. The molecule has 4 aromatic carbocycles. The summed E-state index contributed by atoms with van der Waals surface area (Å²) in [5, 5.41) is 0.982. The molecular formula is C28H23F5O. The van der Waals surface area contributed by atoms with Crippen LogP contribution in [0.2, 0.25) is 0 Å². The van der Waals surface area contributed by atoms with Crippen molar-refractivity contribution in [3.63, 3.8) is 0 Å². The summed E-state index contributed by atoms with van der Waals surface area (Å²) in [7, 11) is 1.63. The predicted molar refractivity (Wildman–Crippen MR) is 123 cm³/mol. The van der Waals surface area contributed by atoms with E-state index in [4.69, 9.17) is 4.74 Å². The minimum atomic E-state index is -1.52. The molecule has 0 aliphatic heterocycles. The lowest BCUT2D eigenvalue weighted by Crippen LogP contribution is -1.99. The van der Waals surface area contributed by atoms with E-state index in [1.807, 2.05) is 6.07 Å². The van der Waals surface area contributed by atoms with Gasteiger partial charge in [0, 0.05) is 24.7 Å². The number of aryl methyl sites for hydroxylation is 3. The van der Waals surface area contributed by atoms with E-state index in [9.17, 15) is 17.6 Å². The molecule has 0 radical (unpaired) electrons. The van der Waals surface area contributed by atoms with Crippen molar-refractivity contribution in [2.24, 2.45) is 0 Å². The normalized spacial score (nSPS) is 11.4. The molecule has 0 fully saturated rings. The highest BCUT2D eigenvalue weighted by molar-refractivity contribution is 5.88. The van der Waals surface area contributed by atoms with E-state index in [1.54, 1.807) is 43.5 Å². The average Bonchev–Trinajstić information content (AvgIpc) is 2.82. The Bertz CT molecular complexity index is 1310. The predicted octanol–water partition coefficient (Wildman–Crippen LogP) is 7.57. The topological polar surface area (TPSA) is 9.23 Å². The van der Waals surface area contributed by atoms with Gasteiger partial charge in [-0.05, 0) is 77.6 Å². The summed E-state index contributed by atoms with van der Waals surface area (Å²) in [6, 6.07) is 15.3. The summed E-state index contributed by atoms with van der Waals surface area (Å²) in [4.78, 5) is 0. The number of fused-ring (bicyclic) bond motifs is 1. The first-order chi connectivity index (χ1) is 16.4. The highest BCUT2D eigenvalue weighted by Gasteiger charge is 2.14. The highest BCUT2D eigenvalue weighted by atomic mass is 19.2. The fourth-order valence-electron chi connectivity index (χ4n) is 4.10. The van der Waals surface area contributed by atoms with Crippen LogP contribution in [0.4, 0.5) is 22.0 Å². The van der Waals surface area contributed by atoms with Gasteiger partial charge in [-0.3, -0.25) is 0 Å². The van der Waals surface area contributed by atoms with Crippen molar-refractivity contribution in [2.45, 2.75) is 25.7 Å². The Kier molecular flexibility index (Phi) is 7.27.